The van der Waals surface area contributed by atoms with Crippen LogP contribution in [0.4, 0.5) is 8.78 Å². The number of benzene rings is 1. The smallest absolute Gasteiger partial charge is 0.387 e. The molecule has 3 nitrogen and oxygen atoms in total. The van der Waals surface area contributed by atoms with Gasteiger partial charge < -0.3 is 10.1 Å². The van der Waals surface area contributed by atoms with Crippen LogP contribution in [-0.2, 0) is 13.1 Å². The molecule has 0 fully saturated rings. The summed E-state index contributed by atoms with van der Waals surface area (Å²) in [5.41, 5.74) is 1.56. The second-order valence-electron chi connectivity index (χ2n) is 4.06. The largest absolute Gasteiger partial charge is 0.434 e. The van der Waals surface area contributed by atoms with Gasteiger partial charge in [0.25, 0.3) is 0 Å². The Hall–Kier alpha value is -1.53. The summed E-state index contributed by atoms with van der Waals surface area (Å²) in [6, 6.07) is 10.5. The number of para-hydroxylation sites is 1. The molecule has 6 heteroatoms. The molecule has 0 amide bonds. The molecule has 0 spiro atoms. The molecule has 1 aromatic carbocycles. The van der Waals surface area contributed by atoms with Gasteiger partial charge in [-0.3, -0.25) is 4.98 Å². The predicted octanol–water partition coefficient (Wildman–Crippen LogP) is 3.74. The molecule has 0 aliphatic heterocycles. The lowest BCUT2D eigenvalue weighted by atomic mass is 10.2. The summed E-state index contributed by atoms with van der Waals surface area (Å²) in [6.45, 7) is -1.83. The average molecular weight is 343 g/mol. The van der Waals surface area contributed by atoms with Crippen LogP contribution in [0.5, 0.6) is 5.75 Å². The number of nitrogens with zero attached hydrogens (tertiary/aromatic N) is 1. The summed E-state index contributed by atoms with van der Waals surface area (Å²) in [5, 5.41) is 3.15. The van der Waals surface area contributed by atoms with Gasteiger partial charge >= 0.3 is 6.61 Å². The fraction of sp³-hybridized carbons (Fsp3) is 0.214. The molecule has 0 saturated heterocycles. The van der Waals surface area contributed by atoms with Gasteiger partial charge in [0, 0.05) is 29.3 Å². The van der Waals surface area contributed by atoms with Crippen molar-refractivity contribution in [2.45, 2.75) is 19.7 Å². The van der Waals surface area contributed by atoms with Crippen LogP contribution in [0.25, 0.3) is 0 Å². The van der Waals surface area contributed by atoms with Crippen LogP contribution < -0.4 is 10.1 Å². The molecule has 2 aromatic rings. The van der Waals surface area contributed by atoms with Gasteiger partial charge in [-0.15, -0.1) is 0 Å². The molecule has 2 rings (SSSR count). The second kappa shape index (κ2) is 7.31. The molecule has 106 valence electrons. The number of aromatic nitrogens is 1. The lowest BCUT2D eigenvalue weighted by Gasteiger charge is -2.11. The van der Waals surface area contributed by atoms with Gasteiger partial charge in [-0.25, -0.2) is 0 Å². The van der Waals surface area contributed by atoms with Crippen LogP contribution in [0.15, 0.2) is 47.1 Å². The van der Waals surface area contributed by atoms with Crippen LogP contribution in [0.3, 0.4) is 0 Å². The van der Waals surface area contributed by atoms with E-state index in [2.05, 4.69) is 31.0 Å². The van der Waals surface area contributed by atoms with Crippen molar-refractivity contribution in [3.05, 3.63) is 58.3 Å². The molecule has 0 saturated carbocycles. The molecule has 0 aliphatic carbocycles. The Morgan fingerprint density at radius 2 is 1.95 bits per heavy atom. The molecular weight excluding hydrogens is 330 g/mol. The maximum atomic E-state index is 12.3. The van der Waals surface area contributed by atoms with Gasteiger partial charge in [0.05, 0.1) is 5.69 Å². The van der Waals surface area contributed by atoms with E-state index in [0.29, 0.717) is 18.7 Å². The zero-order valence-corrected chi connectivity index (χ0v) is 12.1. The topological polar surface area (TPSA) is 34.1 Å². The monoisotopic (exact) mass is 342 g/mol. The van der Waals surface area contributed by atoms with E-state index in [4.69, 9.17) is 0 Å². The highest BCUT2D eigenvalue weighted by molar-refractivity contribution is 9.10. The number of pyridine rings is 1. The van der Waals surface area contributed by atoms with Crippen LogP contribution in [0.1, 0.15) is 11.3 Å². The summed E-state index contributed by atoms with van der Waals surface area (Å²) >= 11 is 3.31. The number of ether oxygens (including phenoxy) is 1. The van der Waals surface area contributed by atoms with Crippen LogP contribution in [-0.4, -0.2) is 11.6 Å². The van der Waals surface area contributed by atoms with Crippen molar-refractivity contribution in [1.29, 1.82) is 0 Å². The maximum absolute atomic E-state index is 12.3. The summed E-state index contributed by atoms with van der Waals surface area (Å²) in [7, 11) is 0. The average Bonchev–Trinajstić information content (AvgIpc) is 2.42. The van der Waals surface area contributed by atoms with E-state index in [0.717, 1.165) is 10.2 Å². The molecule has 0 bridgehead atoms. The Morgan fingerprint density at radius 1 is 1.15 bits per heavy atom. The van der Waals surface area contributed by atoms with Crippen LogP contribution in [0.2, 0.25) is 0 Å². The third-order valence-electron chi connectivity index (χ3n) is 2.60. The Morgan fingerprint density at radius 3 is 2.65 bits per heavy atom. The molecule has 0 atom stereocenters. The second-order valence-corrected chi connectivity index (χ2v) is 4.97. The number of hydrogen-bond donors (Lipinski definition) is 1. The Balaban J connectivity index is 1.92. The van der Waals surface area contributed by atoms with E-state index < -0.39 is 6.61 Å². The Kier molecular flexibility index (Phi) is 5.43. The van der Waals surface area contributed by atoms with E-state index in [1.807, 2.05) is 12.1 Å². The van der Waals surface area contributed by atoms with Crippen molar-refractivity contribution in [2.24, 2.45) is 0 Å². The van der Waals surface area contributed by atoms with Gasteiger partial charge in [-0.05, 0) is 34.1 Å². The standard InChI is InChI=1S/C14H13BrF2N2O/c15-11-5-6-12(19-8-11)9-18-7-10-3-1-2-4-13(10)20-14(16)17/h1-6,8,14,18H,7,9H2. The van der Waals surface area contributed by atoms with Crippen molar-refractivity contribution in [1.82, 2.24) is 10.3 Å². The predicted molar refractivity (Wildman–Crippen MR) is 75.6 cm³/mol. The molecule has 0 aliphatic rings. The molecule has 0 radical (unpaired) electrons. The van der Waals surface area contributed by atoms with Crippen molar-refractivity contribution in [2.75, 3.05) is 0 Å². The van der Waals surface area contributed by atoms with E-state index in [9.17, 15) is 8.78 Å². The third-order valence-corrected chi connectivity index (χ3v) is 3.07. The Labute approximate surface area is 124 Å². The lowest BCUT2D eigenvalue weighted by molar-refractivity contribution is -0.0505. The van der Waals surface area contributed by atoms with Crippen LogP contribution in [0, 0.1) is 0 Å². The molecule has 0 unspecified atom stereocenters. The Bertz CT molecular complexity index is 549. The SMILES string of the molecule is FC(F)Oc1ccccc1CNCc1ccc(Br)cn1. The van der Waals surface area contributed by atoms with Gasteiger partial charge in [0.15, 0.2) is 0 Å². The zero-order chi connectivity index (χ0) is 14.4. The number of alkyl halides is 2. The van der Waals surface area contributed by atoms with E-state index in [-0.39, 0.29) is 5.75 Å². The number of nitrogens with one attached hydrogen (secondary N) is 1. The lowest BCUT2D eigenvalue weighted by Crippen LogP contribution is -2.15. The summed E-state index contributed by atoms with van der Waals surface area (Å²) in [5.74, 6) is 0.193. The summed E-state index contributed by atoms with van der Waals surface area (Å²) in [4.78, 5) is 4.22. The van der Waals surface area contributed by atoms with E-state index in [1.54, 1.807) is 24.4 Å². The number of rotatable bonds is 6. The highest BCUT2D eigenvalue weighted by Gasteiger charge is 2.08. The van der Waals surface area contributed by atoms with Gasteiger partial charge in [-0.1, -0.05) is 18.2 Å². The number of halogens is 3. The van der Waals surface area contributed by atoms with Crippen LogP contribution >= 0.6 is 15.9 Å². The fourth-order valence-electron chi connectivity index (χ4n) is 1.70. The van der Waals surface area contributed by atoms with Crippen molar-refractivity contribution in [3.63, 3.8) is 0 Å². The minimum atomic E-state index is -2.82. The quantitative estimate of drug-likeness (QED) is 0.868. The van der Waals surface area contributed by atoms with Gasteiger partial charge in [-0.2, -0.15) is 8.78 Å². The normalized spacial score (nSPS) is 10.8. The first-order valence-electron chi connectivity index (χ1n) is 5.99. The van der Waals surface area contributed by atoms with E-state index >= 15 is 0 Å². The first-order valence-corrected chi connectivity index (χ1v) is 6.78. The summed E-state index contributed by atoms with van der Waals surface area (Å²) in [6.07, 6.45) is 1.71. The summed E-state index contributed by atoms with van der Waals surface area (Å²) < 4.78 is 29.9. The maximum Gasteiger partial charge on any atom is 0.387 e. The highest BCUT2D eigenvalue weighted by Crippen LogP contribution is 2.20. The van der Waals surface area contributed by atoms with Gasteiger partial charge in [0.2, 0.25) is 0 Å². The van der Waals surface area contributed by atoms with E-state index in [1.165, 1.54) is 6.07 Å². The zero-order valence-electron chi connectivity index (χ0n) is 10.5. The number of hydrogen-bond acceptors (Lipinski definition) is 3. The minimum absolute atomic E-state index is 0.193. The fourth-order valence-corrected chi connectivity index (χ4v) is 1.93. The highest BCUT2D eigenvalue weighted by atomic mass is 79.9. The van der Waals surface area contributed by atoms with Crippen molar-refractivity contribution in [3.8, 4) is 5.75 Å². The molecule has 1 aromatic heterocycles. The van der Waals surface area contributed by atoms with Crippen molar-refractivity contribution >= 4 is 15.9 Å². The van der Waals surface area contributed by atoms with Crippen molar-refractivity contribution < 1.29 is 13.5 Å². The first kappa shape index (κ1) is 14.9. The molecular formula is C14H13BrF2N2O. The minimum Gasteiger partial charge on any atom is -0.434 e. The molecule has 20 heavy (non-hydrogen) atoms. The molecule has 1 heterocycles. The third kappa shape index (κ3) is 4.54. The molecule has 1 N–H and O–H groups in total. The van der Waals surface area contributed by atoms with Gasteiger partial charge in [0.1, 0.15) is 5.75 Å². The first-order chi connectivity index (χ1) is 9.65.